The number of amides is 2. The van der Waals surface area contributed by atoms with Gasteiger partial charge in [0.1, 0.15) is 15.8 Å². The van der Waals surface area contributed by atoms with E-state index in [0.29, 0.717) is 25.1 Å². The first-order valence-corrected chi connectivity index (χ1v) is 9.24. The molecule has 1 N–H and O–H groups in total. The van der Waals surface area contributed by atoms with Crippen LogP contribution in [-0.2, 0) is 23.1 Å². The van der Waals surface area contributed by atoms with E-state index in [4.69, 9.17) is 9.47 Å². The largest absolute Gasteiger partial charge is 0.444 e. The van der Waals surface area contributed by atoms with Crippen LogP contribution in [0.25, 0.3) is 0 Å². The van der Waals surface area contributed by atoms with Gasteiger partial charge in [0.05, 0.1) is 0 Å². The van der Waals surface area contributed by atoms with Crippen LogP contribution in [0.2, 0.25) is 0 Å². The number of hydrogen-bond donors (Lipinski definition) is 1. The highest BCUT2D eigenvalue weighted by molar-refractivity contribution is 9.10. The molecule has 0 bridgehead atoms. The number of aromatic nitrogens is 2. The monoisotopic (exact) mass is 432 g/mol. The highest BCUT2D eigenvalue weighted by atomic mass is 79.9. The van der Waals surface area contributed by atoms with Gasteiger partial charge in [-0.05, 0) is 63.9 Å². The molecule has 1 heterocycles. The van der Waals surface area contributed by atoms with Crippen molar-refractivity contribution in [2.75, 3.05) is 6.54 Å². The number of ether oxygens (including phenoxy) is 2. The van der Waals surface area contributed by atoms with Crippen molar-refractivity contribution in [3.8, 4) is 0 Å². The standard InChI is InChI=1S/C17H29BrN4O4/c1-16(2,3)25-14(23)19-9-8-10-22-11-12(18)21(7)13(22)20-15(24)26-17(4,5)6/h11H,8-10H2,1-7H3,(H,19,23). The van der Waals surface area contributed by atoms with Gasteiger partial charge < -0.3 is 23.9 Å². The van der Waals surface area contributed by atoms with E-state index in [0.717, 1.165) is 4.60 Å². The molecule has 0 spiro atoms. The maximum atomic E-state index is 12.0. The zero-order valence-electron chi connectivity index (χ0n) is 16.6. The number of imidazole rings is 1. The number of halogens is 1. The van der Waals surface area contributed by atoms with Gasteiger partial charge in [0, 0.05) is 26.3 Å². The molecule has 2 amide bonds. The molecule has 1 rings (SSSR count). The lowest BCUT2D eigenvalue weighted by molar-refractivity contribution is 0.0525. The van der Waals surface area contributed by atoms with Gasteiger partial charge in [0.15, 0.2) is 0 Å². The van der Waals surface area contributed by atoms with Crippen LogP contribution in [0.1, 0.15) is 48.0 Å². The van der Waals surface area contributed by atoms with E-state index in [9.17, 15) is 9.59 Å². The zero-order chi connectivity index (χ0) is 20.1. The molecule has 0 atom stereocenters. The van der Waals surface area contributed by atoms with E-state index in [1.165, 1.54) is 0 Å². The molecule has 0 fully saturated rings. The third-order valence-electron chi connectivity index (χ3n) is 2.97. The Morgan fingerprint density at radius 2 is 1.73 bits per heavy atom. The fourth-order valence-corrected chi connectivity index (χ4v) is 2.39. The Morgan fingerprint density at radius 1 is 1.15 bits per heavy atom. The number of carbonyl (C=O) groups excluding carboxylic acids is 2. The first kappa shape index (κ1) is 22.3. The van der Waals surface area contributed by atoms with Crippen LogP contribution in [0, 0.1) is 0 Å². The van der Waals surface area contributed by atoms with Crippen LogP contribution in [0.5, 0.6) is 0 Å². The molecular weight excluding hydrogens is 404 g/mol. The van der Waals surface area contributed by atoms with Crippen molar-refractivity contribution in [2.24, 2.45) is 12.0 Å². The zero-order valence-corrected chi connectivity index (χ0v) is 18.1. The molecule has 0 aromatic carbocycles. The molecule has 9 heteroatoms. The molecule has 0 aliphatic heterocycles. The van der Waals surface area contributed by atoms with E-state index in [1.54, 1.807) is 32.4 Å². The summed E-state index contributed by atoms with van der Waals surface area (Å²) in [6.07, 6.45) is 1.38. The summed E-state index contributed by atoms with van der Waals surface area (Å²) in [4.78, 5) is 27.7. The number of aryl methyl sites for hydroxylation is 1. The van der Waals surface area contributed by atoms with E-state index >= 15 is 0 Å². The smallest absolute Gasteiger partial charge is 0.437 e. The van der Waals surface area contributed by atoms with E-state index in [1.807, 2.05) is 31.5 Å². The maximum Gasteiger partial charge on any atom is 0.437 e. The Bertz CT molecular complexity index is 708. The van der Waals surface area contributed by atoms with Crippen molar-refractivity contribution in [3.63, 3.8) is 0 Å². The SMILES string of the molecule is Cn1c(Br)cn(CCCNC(=O)OC(C)(C)C)c1=NC(=O)OC(C)(C)C. The second-order valence-electron chi connectivity index (χ2n) is 7.88. The lowest BCUT2D eigenvalue weighted by Crippen LogP contribution is -2.34. The molecule has 0 radical (unpaired) electrons. The van der Waals surface area contributed by atoms with Crippen LogP contribution >= 0.6 is 15.9 Å². The summed E-state index contributed by atoms with van der Waals surface area (Å²) in [7, 11) is 1.79. The Hall–Kier alpha value is -1.77. The summed E-state index contributed by atoms with van der Waals surface area (Å²) < 4.78 is 14.8. The van der Waals surface area contributed by atoms with Gasteiger partial charge in [-0.2, -0.15) is 0 Å². The topological polar surface area (TPSA) is 86.9 Å². The summed E-state index contributed by atoms with van der Waals surface area (Å²) >= 11 is 3.42. The van der Waals surface area contributed by atoms with Crippen LogP contribution < -0.4 is 10.9 Å². The molecule has 1 aromatic rings. The summed E-state index contributed by atoms with van der Waals surface area (Å²) in [5, 5.41) is 2.71. The maximum absolute atomic E-state index is 12.0. The predicted octanol–water partition coefficient (Wildman–Crippen LogP) is 3.34. The van der Waals surface area contributed by atoms with Crippen molar-refractivity contribution < 1.29 is 19.1 Å². The van der Waals surface area contributed by atoms with Crippen molar-refractivity contribution in [1.82, 2.24) is 14.5 Å². The van der Waals surface area contributed by atoms with Crippen LogP contribution in [-0.4, -0.2) is 39.1 Å². The highest BCUT2D eigenvalue weighted by Crippen LogP contribution is 2.09. The van der Waals surface area contributed by atoms with Crippen LogP contribution in [0.15, 0.2) is 15.8 Å². The third-order valence-corrected chi connectivity index (χ3v) is 3.71. The van der Waals surface area contributed by atoms with Gasteiger partial charge in [-0.15, -0.1) is 4.99 Å². The van der Waals surface area contributed by atoms with Gasteiger partial charge in [-0.25, -0.2) is 9.59 Å². The van der Waals surface area contributed by atoms with Crippen molar-refractivity contribution in [1.29, 1.82) is 0 Å². The van der Waals surface area contributed by atoms with E-state index < -0.39 is 23.4 Å². The molecule has 0 aliphatic carbocycles. The number of nitrogens with zero attached hydrogens (tertiary/aromatic N) is 3. The molecule has 8 nitrogen and oxygen atoms in total. The normalized spacial score (nSPS) is 12.8. The van der Waals surface area contributed by atoms with E-state index in [2.05, 4.69) is 26.2 Å². The lowest BCUT2D eigenvalue weighted by Gasteiger charge is -2.19. The molecule has 26 heavy (non-hydrogen) atoms. The highest BCUT2D eigenvalue weighted by Gasteiger charge is 2.17. The summed E-state index contributed by atoms with van der Waals surface area (Å²) in [6, 6.07) is 0. The number of rotatable bonds is 4. The van der Waals surface area contributed by atoms with E-state index in [-0.39, 0.29) is 0 Å². The quantitative estimate of drug-likeness (QED) is 0.738. The lowest BCUT2D eigenvalue weighted by atomic mass is 10.2. The Balaban J connectivity index is 2.72. The van der Waals surface area contributed by atoms with Gasteiger partial charge in [-0.3, -0.25) is 0 Å². The number of hydrogen-bond acceptors (Lipinski definition) is 4. The fourth-order valence-electron chi connectivity index (χ4n) is 1.99. The molecule has 0 saturated carbocycles. The average Bonchev–Trinajstić information content (AvgIpc) is 2.67. The van der Waals surface area contributed by atoms with Crippen molar-refractivity contribution in [2.45, 2.75) is 65.7 Å². The summed E-state index contributed by atoms with van der Waals surface area (Å²) in [5.41, 5.74) is -0.670. The Kier molecular flexibility index (Phi) is 7.49. The Morgan fingerprint density at radius 3 is 2.27 bits per heavy atom. The minimum atomic E-state index is -0.646. The van der Waals surface area contributed by atoms with Crippen LogP contribution in [0.3, 0.4) is 0 Å². The van der Waals surface area contributed by atoms with Crippen molar-refractivity contribution in [3.05, 3.63) is 16.4 Å². The predicted molar refractivity (Wildman–Crippen MR) is 102 cm³/mol. The third kappa shape index (κ3) is 8.07. The fraction of sp³-hybridized carbons (Fsp3) is 0.706. The van der Waals surface area contributed by atoms with Crippen molar-refractivity contribution >= 4 is 28.1 Å². The number of carbonyl (C=O) groups is 2. The van der Waals surface area contributed by atoms with Gasteiger partial charge >= 0.3 is 12.2 Å². The average molecular weight is 433 g/mol. The van der Waals surface area contributed by atoms with Crippen LogP contribution in [0.4, 0.5) is 9.59 Å². The summed E-state index contributed by atoms with van der Waals surface area (Å²) in [5.74, 6) is 0. The molecule has 0 saturated heterocycles. The first-order valence-electron chi connectivity index (χ1n) is 8.45. The molecule has 1 aromatic heterocycles. The Labute approximate surface area is 162 Å². The second-order valence-corrected chi connectivity index (χ2v) is 8.69. The summed E-state index contributed by atoms with van der Waals surface area (Å²) in [6.45, 7) is 11.8. The number of alkyl carbamates (subject to hydrolysis) is 1. The minimum absolute atomic E-state index is 0.445. The minimum Gasteiger partial charge on any atom is -0.444 e. The molecule has 0 unspecified atom stereocenters. The van der Waals surface area contributed by atoms with Gasteiger partial charge in [-0.1, -0.05) is 0 Å². The second kappa shape index (κ2) is 8.75. The molecule has 0 aliphatic rings. The van der Waals surface area contributed by atoms with Gasteiger partial charge in [0.2, 0.25) is 5.62 Å². The van der Waals surface area contributed by atoms with Gasteiger partial charge in [0.25, 0.3) is 0 Å². The molecular formula is C17H29BrN4O4. The first-order chi connectivity index (χ1) is 11.8. The number of nitrogens with one attached hydrogen (secondary N) is 1. The molecule has 148 valence electrons.